The standard InChI is InChI=1S/C19H19BrN4O2/c1-12-6-8-16(9-7-12)24-19(26)17(13(2)23-24)11-21-22-18(25)14-4-3-5-15(20)10-14/h3-10,17,21H,11H2,1-2H3,(H,22,25). The first-order valence-electron chi connectivity index (χ1n) is 8.20. The largest absolute Gasteiger partial charge is 0.287 e. The SMILES string of the molecule is CC1=NN(c2ccc(C)cc2)C(=O)C1CNNC(=O)c1cccc(Br)c1. The summed E-state index contributed by atoms with van der Waals surface area (Å²) in [5, 5.41) is 5.77. The van der Waals surface area contributed by atoms with E-state index < -0.39 is 5.92 Å². The number of hydrazone groups is 1. The van der Waals surface area contributed by atoms with E-state index in [1.54, 1.807) is 18.2 Å². The number of benzene rings is 2. The van der Waals surface area contributed by atoms with Gasteiger partial charge in [0.25, 0.3) is 11.8 Å². The lowest BCUT2D eigenvalue weighted by Crippen LogP contribution is -2.43. The van der Waals surface area contributed by atoms with Gasteiger partial charge in [-0.05, 0) is 44.2 Å². The number of anilines is 1. The lowest BCUT2D eigenvalue weighted by molar-refractivity contribution is -0.119. The minimum Gasteiger partial charge on any atom is -0.287 e. The monoisotopic (exact) mass is 414 g/mol. The van der Waals surface area contributed by atoms with Crippen molar-refractivity contribution in [2.75, 3.05) is 11.6 Å². The average molecular weight is 415 g/mol. The summed E-state index contributed by atoms with van der Waals surface area (Å²) in [6, 6.07) is 14.7. The second-order valence-corrected chi connectivity index (χ2v) is 7.04. The van der Waals surface area contributed by atoms with Crippen molar-refractivity contribution in [3.05, 3.63) is 64.1 Å². The van der Waals surface area contributed by atoms with Crippen molar-refractivity contribution in [1.29, 1.82) is 0 Å². The van der Waals surface area contributed by atoms with Gasteiger partial charge in [0.1, 0.15) is 0 Å². The van der Waals surface area contributed by atoms with Crippen molar-refractivity contribution < 1.29 is 9.59 Å². The normalized spacial score (nSPS) is 16.6. The molecule has 2 aromatic carbocycles. The van der Waals surface area contributed by atoms with Crippen LogP contribution >= 0.6 is 15.9 Å². The number of carbonyl (C=O) groups is 2. The number of carbonyl (C=O) groups excluding carboxylic acids is 2. The summed E-state index contributed by atoms with van der Waals surface area (Å²) < 4.78 is 0.827. The van der Waals surface area contributed by atoms with Gasteiger partial charge < -0.3 is 0 Å². The topological polar surface area (TPSA) is 73.8 Å². The molecule has 0 aliphatic carbocycles. The molecule has 0 bridgehead atoms. The van der Waals surface area contributed by atoms with E-state index in [-0.39, 0.29) is 18.4 Å². The van der Waals surface area contributed by atoms with E-state index in [1.807, 2.05) is 44.2 Å². The number of halogens is 1. The van der Waals surface area contributed by atoms with Crippen LogP contribution in [0.2, 0.25) is 0 Å². The molecule has 2 aromatic rings. The van der Waals surface area contributed by atoms with Crippen LogP contribution in [-0.2, 0) is 4.79 Å². The Morgan fingerprint density at radius 2 is 1.92 bits per heavy atom. The highest BCUT2D eigenvalue weighted by Crippen LogP contribution is 2.23. The van der Waals surface area contributed by atoms with Gasteiger partial charge in [0, 0.05) is 22.3 Å². The summed E-state index contributed by atoms with van der Waals surface area (Å²) in [5.41, 5.74) is 8.55. The van der Waals surface area contributed by atoms with Crippen molar-refractivity contribution in [2.45, 2.75) is 13.8 Å². The van der Waals surface area contributed by atoms with E-state index in [4.69, 9.17) is 0 Å². The second kappa shape index (κ2) is 7.80. The lowest BCUT2D eigenvalue weighted by Gasteiger charge is -2.15. The van der Waals surface area contributed by atoms with Gasteiger partial charge in [-0.2, -0.15) is 5.10 Å². The molecule has 0 saturated heterocycles. The maximum Gasteiger partial charge on any atom is 0.265 e. The average Bonchev–Trinajstić information content (AvgIpc) is 2.90. The maximum atomic E-state index is 12.6. The summed E-state index contributed by atoms with van der Waals surface area (Å²) in [6.07, 6.45) is 0. The number of aryl methyl sites for hydroxylation is 1. The highest BCUT2D eigenvalue weighted by atomic mass is 79.9. The molecule has 1 atom stereocenters. The summed E-state index contributed by atoms with van der Waals surface area (Å²) >= 11 is 3.34. The van der Waals surface area contributed by atoms with Crippen LogP contribution in [0.1, 0.15) is 22.8 Å². The van der Waals surface area contributed by atoms with Crippen molar-refractivity contribution in [3.63, 3.8) is 0 Å². The zero-order valence-electron chi connectivity index (χ0n) is 14.5. The van der Waals surface area contributed by atoms with Crippen LogP contribution in [0.4, 0.5) is 5.69 Å². The number of hydrogen-bond acceptors (Lipinski definition) is 4. The van der Waals surface area contributed by atoms with Gasteiger partial charge in [-0.15, -0.1) is 0 Å². The highest BCUT2D eigenvalue weighted by molar-refractivity contribution is 9.10. The predicted molar refractivity (Wildman–Crippen MR) is 105 cm³/mol. The smallest absolute Gasteiger partial charge is 0.265 e. The third-order valence-corrected chi connectivity index (χ3v) is 4.64. The van der Waals surface area contributed by atoms with Crippen molar-refractivity contribution in [3.8, 4) is 0 Å². The Balaban J connectivity index is 1.59. The van der Waals surface area contributed by atoms with Crippen LogP contribution in [-0.4, -0.2) is 24.1 Å². The number of rotatable bonds is 5. The molecule has 1 unspecified atom stereocenters. The number of nitrogens with one attached hydrogen (secondary N) is 2. The third-order valence-electron chi connectivity index (χ3n) is 4.14. The number of hydrazine groups is 1. The molecule has 2 amide bonds. The van der Waals surface area contributed by atoms with Crippen LogP contribution in [0.25, 0.3) is 0 Å². The van der Waals surface area contributed by atoms with Crippen LogP contribution in [0.5, 0.6) is 0 Å². The van der Waals surface area contributed by atoms with Crippen molar-refractivity contribution in [2.24, 2.45) is 11.0 Å². The number of hydrogen-bond donors (Lipinski definition) is 2. The Morgan fingerprint density at radius 3 is 2.62 bits per heavy atom. The molecule has 1 aliphatic rings. The molecule has 1 heterocycles. The predicted octanol–water partition coefficient (Wildman–Crippen LogP) is 3.03. The first-order valence-corrected chi connectivity index (χ1v) is 8.99. The van der Waals surface area contributed by atoms with Gasteiger partial charge in [0.2, 0.25) is 0 Å². The van der Waals surface area contributed by atoms with Gasteiger partial charge in [-0.3, -0.25) is 15.0 Å². The zero-order chi connectivity index (χ0) is 18.7. The van der Waals surface area contributed by atoms with E-state index in [9.17, 15) is 9.59 Å². The van der Waals surface area contributed by atoms with E-state index in [2.05, 4.69) is 31.9 Å². The number of nitrogens with zero attached hydrogens (tertiary/aromatic N) is 2. The first-order chi connectivity index (χ1) is 12.5. The van der Waals surface area contributed by atoms with E-state index in [0.717, 1.165) is 15.7 Å². The zero-order valence-corrected chi connectivity index (χ0v) is 16.1. The Labute approximate surface area is 160 Å². The fraction of sp³-hybridized carbons (Fsp3) is 0.211. The van der Waals surface area contributed by atoms with Crippen LogP contribution in [0.15, 0.2) is 58.1 Å². The molecule has 7 heteroatoms. The van der Waals surface area contributed by atoms with E-state index in [0.29, 0.717) is 11.3 Å². The Hall–Kier alpha value is -2.51. The maximum absolute atomic E-state index is 12.6. The summed E-state index contributed by atoms with van der Waals surface area (Å²) in [6.45, 7) is 4.08. The molecule has 1 aliphatic heterocycles. The van der Waals surface area contributed by atoms with E-state index >= 15 is 0 Å². The third kappa shape index (κ3) is 4.00. The molecule has 2 N–H and O–H groups in total. The van der Waals surface area contributed by atoms with Gasteiger partial charge in [-0.25, -0.2) is 10.4 Å². The molecule has 0 saturated carbocycles. The van der Waals surface area contributed by atoms with Crippen molar-refractivity contribution in [1.82, 2.24) is 10.9 Å². The molecule has 3 rings (SSSR count). The van der Waals surface area contributed by atoms with Gasteiger partial charge >= 0.3 is 0 Å². The van der Waals surface area contributed by atoms with Crippen LogP contribution < -0.4 is 15.9 Å². The molecule has 134 valence electrons. The van der Waals surface area contributed by atoms with Crippen LogP contribution in [0, 0.1) is 12.8 Å². The van der Waals surface area contributed by atoms with Gasteiger partial charge in [0.05, 0.1) is 11.6 Å². The molecule has 26 heavy (non-hydrogen) atoms. The molecule has 6 nitrogen and oxygen atoms in total. The fourth-order valence-electron chi connectivity index (χ4n) is 2.64. The molecule has 0 spiro atoms. The molecule has 0 radical (unpaired) electrons. The summed E-state index contributed by atoms with van der Waals surface area (Å²) in [4.78, 5) is 24.8. The fourth-order valence-corrected chi connectivity index (χ4v) is 3.04. The van der Waals surface area contributed by atoms with Crippen LogP contribution in [0.3, 0.4) is 0 Å². The molecular weight excluding hydrogens is 396 g/mol. The second-order valence-electron chi connectivity index (χ2n) is 6.12. The summed E-state index contributed by atoms with van der Waals surface area (Å²) in [5.74, 6) is -0.795. The Bertz CT molecular complexity index is 864. The quantitative estimate of drug-likeness (QED) is 0.738. The van der Waals surface area contributed by atoms with E-state index in [1.165, 1.54) is 5.01 Å². The van der Waals surface area contributed by atoms with Crippen molar-refractivity contribution >= 4 is 39.1 Å². The highest BCUT2D eigenvalue weighted by Gasteiger charge is 2.34. The molecule has 0 fully saturated rings. The van der Waals surface area contributed by atoms with Gasteiger partial charge in [0.15, 0.2) is 0 Å². The Kier molecular flexibility index (Phi) is 5.49. The van der Waals surface area contributed by atoms with Gasteiger partial charge in [-0.1, -0.05) is 39.7 Å². The Morgan fingerprint density at radius 1 is 1.19 bits per heavy atom. The number of amides is 2. The molecular formula is C19H19BrN4O2. The minimum atomic E-state index is -0.417. The summed E-state index contributed by atoms with van der Waals surface area (Å²) in [7, 11) is 0. The minimum absolute atomic E-state index is 0.115. The lowest BCUT2D eigenvalue weighted by atomic mass is 10.1. The first kappa shape index (κ1) is 18.3. The molecule has 0 aromatic heterocycles.